The number of hydrogen-bond acceptors (Lipinski definition) is 3. The van der Waals surface area contributed by atoms with Crippen molar-refractivity contribution in [2.75, 3.05) is 0 Å². The molecule has 21 heavy (non-hydrogen) atoms. The Morgan fingerprint density at radius 3 is 2.00 bits per heavy atom. The van der Waals surface area contributed by atoms with E-state index in [2.05, 4.69) is 21.0 Å². The lowest BCUT2D eigenvalue weighted by atomic mass is 9.94. The first-order chi connectivity index (χ1) is 9.39. The van der Waals surface area contributed by atoms with Crippen molar-refractivity contribution in [3.63, 3.8) is 0 Å². The van der Waals surface area contributed by atoms with E-state index in [1.165, 1.54) is 11.7 Å². The van der Waals surface area contributed by atoms with Crippen LogP contribution in [0, 0.1) is 12.8 Å². The first-order valence-electron chi connectivity index (χ1n) is 5.67. The Morgan fingerprint density at radius 2 is 1.71 bits per heavy atom. The van der Waals surface area contributed by atoms with Gasteiger partial charge in [-0.15, -0.1) is 0 Å². The van der Waals surface area contributed by atoms with Crippen LogP contribution in [0.2, 0.25) is 0 Å². The number of hydrazine groups is 1. The first kappa shape index (κ1) is 18.2. The molecule has 0 bridgehead atoms. The van der Waals surface area contributed by atoms with Crippen LogP contribution in [0.5, 0.6) is 0 Å². The summed E-state index contributed by atoms with van der Waals surface area (Å²) >= 11 is 3.09. The number of halogens is 7. The topological polar surface area (TPSA) is 55.9 Å². The largest absolute Gasteiger partial charge is 0.402 e. The van der Waals surface area contributed by atoms with Gasteiger partial charge in [0.05, 0.1) is 15.9 Å². The van der Waals surface area contributed by atoms with Crippen molar-refractivity contribution in [1.82, 2.24) is 15.2 Å². The Kier molecular flexibility index (Phi) is 5.32. The highest BCUT2D eigenvalue weighted by atomic mass is 79.9. The van der Waals surface area contributed by atoms with E-state index in [-0.39, 0.29) is 5.69 Å². The van der Waals surface area contributed by atoms with Crippen LogP contribution in [0.25, 0.3) is 0 Å². The van der Waals surface area contributed by atoms with Gasteiger partial charge in [0.1, 0.15) is 0 Å². The van der Waals surface area contributed by atoms with Gasteiger partial charge in [-0.1, -0.05) is 0 Å². The van der Waals surface area contributed by atoms with E-state index >= 15 is 0 Å². The molecule has 3 N–H and O–H groups in total. The summed E-state index contributed by atoms with van der Waals surface area (Å²) in [5.74, 6) is 1.35. The van der Waals surface area contributed by atoms with Crippen molar-refractivity contribution >= 4 is 15.9 Å². The van der Waals surface area contributed by atoms with Crippen molar-refractivity contribution in [3.8, 4) is 0 Å². The van der Waals surface area contributed by atoms with Gasteiger partial charge in [-0.25, -0.2) is 0 Å². The van der Waals surface area contributed by atoms with Gasteiger partial charge in [0, 0.05) is 19.5 Å². The Balaban J connectivity index is 3.16. The average Bonchev–Trinajstić information content (AvgIpc) is 2.51. The zero-order chi connectivity index (χ0) is 16.6. The quantitative estimate of drug-likeness (QED) is 0.478. The number of alkyl halides is 6. The van der Waals surface area contributed by atoms with Crippen molar-refractivity contribution < 1.29 is 26.3 Å². The van der Waals surface area contributed by atoms with Crippen LogP contribution in [0.3, 0.4) is 0 Å². The van der Waals surface area contributed by atoms with Crippen molar-refractivity contribution in [2.24, 2.45) is 18.8 Å². The third-order valence-electron chi connectivity index (χ3n) is 3.00. The second-order valence-corrected chi connectivity index (χ2v) is 5.30. The van der Waals surface area contributed by atoms with Gasteiger partial charge >= 0.3 is 12.4 Å². The Morgan fingerprint density at radius 1 is 1.24 bits per heavy atom. The van der Waals surface area contributed by atoms with Gasteiger partial charge in [-0.3, -0.25) is 16.0 Å². The summed E-state index contributed by atoms with van der Waals surface area (Å²) in [6.45, 7) is 1.57. The molecule has 11 heteroatoms. The number of aryl methyl sites for hydroxylation is 2. The summed E-state index contributed by atoms with van der Waals surface area (Å²) in [7, 11) is 1.43. The van der Waals surface area contributed by atoms with Gasteiger partial charge in [0.15, 0.2) is 5.92 Å². The molecule has 0 radical (unpaired) electrons. The van der Waals surface area contributed by atoms with Crippen LogP contribution in [0.4, 0.5) is 26.3 Å². The molecule has 0 aliphatic carbocycles. The molecule has 0 amide bonds. The molecule has 1 rings (SSSR count). The summed E-state index contributed by atoms with van der Waals surface area (Å²) < 4.78 is 77.8. The van der Waals surface area contributed by atoms with E-state index in [0.717, 1.165) is 0 Å². The Labute approximate surface area is 124 Å². The third-order valence-corrected chi connectivity index (χ3v) is 4.03. The number of nitrogens with one attached hydrogen (secondary N) is 1. The third kappa shape index (κ3) is 4.10. The predicted molar refractivity (Wildman–Crippen MR) is 66.1 cm³/mol. The molecular weight excluding hydrogens is 370 g/mol. The maximum Gasteiger partial charge on any atom is 0.402 e. The number of aromatic nitrogens is 2. The minimum atomic E-state index is -5.46. The summed E-state index contributed by atoms with van der Waals surface area (Å²) in [6, 6.07) is -2.06. The highest BCUT2D eigenvalue weighted by molar-refractivity contribution is 9.10. The van der Waals surface area contributed by atoms with Gasteiger partial charge in [0.2, 0.25) is 0 Å². The normalized spacial score (nSPS) is 14.8. The van der Waals surface area contributed by atoms with E-state index in [4.69, 9.17) is 5.84 Å². The highest BCUT2D eigenvalue weighted by Crippen LogP contribution is 2.42. The zero-order valence-corrected chi connectivity index (χ0v) is 12.6. The van der Waals surface area contributed by atoms with E-state index in [1.54, 1.807) is 12.3 Å². The van der Waals surface area contributed by atoms with Crippen LogP contribution < -0.4 is 11.3 Å². The van der Waals surface area contributed by atoms with E-state index < -0.39 is 30.7 Å². The first-order valence-corrected chi connectivity index (χ1v) is 6.46. The molecule has 0 saturated heterocycles. The van der Waals surface area contributed by atoms with Crippen molar-refractivity contribution in [1.29, 1.82) is 0 Å². The summed E-state index contributed by atoms with van der Waals surface area (Å²) in [6.07, 6.45) is -11.5. The molecule has 0 aromatic carbocycles. The van der Waals surface area contributed by atoms with E-state index in [9.17, 15) is 26.3 Å². The van der Waals surface area contributed by atoms with E-state index in [1.807, 2.05) is 0 Å². The Hall–Kier alpha value is -0.810. The highest BCUT2D eigenvalue weighted by Gasteiger charge is 2.60. The second-order valence-electron chi connectivity index (χ2n) is 4.51. The SMILES string of the molecule is Cc1nn(C)c(CC(NN)C(C(F)(F)F)C(F)(F)F)c1Br. The standard InChI is InChI=1S/C10H13BrF6N4/c1-4-7(11)6(21(2)20-4)3-5(19-18)8(9(12,13)14)10(15,16)17/h5,8,19H,3,18H2,1-2H3. The molecular formula is C10H13BrF6N4. The summed E-state index contributed by atoms with van der Waals surface area (Å²) in [5, 5.41) is 3.92. The predicted octanol–water partition coefficient (Wildman–Crippen LogP) is 2.61. The molecule has 0 saturated carbocycles. The lowest BCUT2D eigenvalue weighted by molar-refractivity contribution is -0.291. The lowest BCUT2D eigenvalue weighted by Crippen LogP contribution is -2.54. The molecule has 0 fully saturated rings. The monoisotopic (exact) mass is 382 g/mol. The van der Waals surface area contributed by atoms with Crippen molar-refractivity contribution in [2.45, 2.75) is 31.7 Å². The number of hydrogen-bond donors (Lipinski definition) is 2. The maximum absolute atomic E-state index is 12.7. The van der Waals surface area contributed by atoms with E-state index in [0.29, 0.717) is 10.2 Å². The molecule has 1 unspecified atom stereocenters. The second kappa shape index (κ2) is 6.13. The molecule has 0 spiro atoms. The summed E-state index contributed by atoms with van der Waals surface area (Å²) in [5.41, 5.74) is 2.27. The fourth-order valence-electron chi connectivity index (χ4n) is 2.02. The van der Waals surface area contributed by atoms with Crippen LogP contribution in [0.15, 0.2) is 4.47 Å². The van der Waals surface area contributed by atoms with Gasteiger partial charge in [-0.05, 0) is 22.9 Å². The maximum atomic E-state index is 12.7. The lowest BCUT2D eigenvalue weighted by Gasteiger charge is -2.30. The molecule has 1 atom stereocenters. The van der Waals surface area contributed by atoms with Crippen molar-refractivity contribution in [3.05, 3.63) is 15.9 Å². The smallest absolute Gasteiger partial charge is 0.271 e. The molecule has 0 aliphatic rings. The van der Waals surface area contributed by atoms with Gasteiger partial charge < -0.3 is 0 Å². The van der Waals surface area contributed by atoms with Crippen LogP contribution in [0.1, 0.15) is 11.4 Å². The molecule has 0 aliphatic heterocycles. The molecule has 1 aromatic heterocycles. The molecule has 1 aromatic rings. The van der Waals surface area contributed by atoms with Gasteiger partial charge in [0.25, 0.3) is 0 Å². The molecule has 4 nitrogen and oxygen atoms in total. The zero-order valence-electron chi connectivity index (χ0n) is 11.0. The fourth-order valence-corrected chi connectivity index (χ4v) is 2.52. The average molecular weight is 383 g/mol. The minimum absolute atomic E-state index is 0.189. The number of nitrogens with zero attached hydrogens (tertiary/aromatic N) is 2. The Bertz CT molecular complexity index is 481. The summed E-state index contributed by atoms with van der Waals surface area (Å²) in [4.78, 5) is 0. The number of rotatable bonds is 4. The van der Waals surface area contributed by atoms with Gasteiger partial charge in [-0.2, -0.15) is 31.4 Å². The molecule has 122 valence electrons. The number of nitrogens with two attached hydrogens (primary N) is 1. The fraction of sp³-hybridized carbons (Fsp3) is 0.700. The minimum Gasteiger partial charge on any atom is -0.271 e. The van der Waals surface area contributed by atoms with Crippen LogP contribution >= 0.6 is 15.9 Å². The van der Waals surface area contributed by atoms with Crippen LogP contribution in [-0.2, 0) is 13.5 Å². The van der Waals surface area contributed by atoms with Crippen LogP contribution in [-0.4, -0.2) is 28.2 Å². The molecule has 1 heterocycles.